The van der Waals surface area contributed by atoms with Crippen molar-refractivity contribution in [2.24, 2.45) is 5.73 Å². The normalized spacial score (nSPS) is 14.2. The van der Waals surface area contributed by atoms with Gasteiger partial charge in [0, 0.05) is 29.0 Å². The molecule has 1 amide bonds. The average Bonchev–Trinajstić information content (AvgIpc) is 2.95. The van der Waals surface area contributed by atoms with E-state index in [9.17, 15) is 18.0 Å². The van der Waals surface area contributed by atoms with Gasteiger partial charge in [0.25, 0.3) is 5.91 Å². The Kier molecular flexibility index (Phi) is 5.17. The SMILES string of the molecule is NC(=O)c1cccc(-c2ccc3c(c2)COCCN3c2ccc(C(F)(F)F)cc2)n1. The van der Waals surface area contributed by atoms with Crippen LogP contribution in [0.25, 0.3) is 11.3 Å². The van der Waals surface area contributed by atoms with E-state index in [1.165, 1.54) is 12.1 Å². The average molecular weight is 413 g/mol. The highest BCUT2D eigenvalue weighted by molar-refractivity contribution is 5.91. The molecule has 1 aromatic heterocycles. The first-order valence-electron chi connectivity index (χ1n) is 9.25. The number of amides is 1. The van der Waals surface area contributed by atoms with Crippen LogP contribution in [-0.2, 0) is 17.5 Å². The summed E-state index contributed by atoms with van der Waals surface area (Å²) in [6.07, 6.45) is -4.38. The quantitative estimate of drug-likeness (QED) is 0.685. The van der Waals surface area contributed by atoms with Crippen molar-refractivity contribution < 1.29 is 22.7 Å². The maximum absolute atomic E-state index is 12.9. The summed E-state index contributed by atoms with van der Waals surface area (Å²) in [5.74, 6) is -0.608. The minimum absolute atomic E-state index is 0.171. The molecule has 154 valence electrons. The van der Waals surface area contributed by atoms with E-state index < -0.39 is 17.6 Å². The molecule has 0 radical (unpaired) electrons. The summed E-state index contributed by atoms with van der Waals surface area (Å²) in [5, 5.41) is 0. The topological polar surface area (TPSA) is 68.5 Å². The predicted molar refractivity (Wildman–Crippen MR) is 106 cm³/mol. The molecule has 0 unspecified atom stereocenters. The summed E-state index contributed by atoms with van der Waals surface area (Å²) in [4.78, 5) is 17.6. The molecule has 0 aliphatic carbocycles. The summed E-state index contributed by atoms with van der Waals surface area (Å²) in [5.41, 5.74) is 8.55. The smallest absolute Gasteiger partial charge is 0.375 e. The van der Waals surface area contributed by atoms with Crippen molar-refractivity contribution in [2.45, 2.75) is 12.8 Å². The number of hydrogen-bond acceptors (Lipinski definition) is 4. The Morgan fingerprint density at radius 2 is 1.83 bits per heavy atom. The van der Waals surface area contributed by atoms with Crippen molar-refractivity contribution in [1.29, 1.82) is 0 Å². The number of hydrogen-bond donors (Lipinski definition) is 1. The summed E-state index contributed by atoms with van der Waals surface area (Å²) >= 11 is 0. The van der Waals surface area contributed by atoms with E-state index in [4.69, 9.17) is 10.5 Å². The fourth-order valence-corrected chi connectivity index (χ4v) is 3.41. The molecule has 1 aliphatic rings. The number of rotatable bonds is 3. The lowest BCUT2D eigenvalue weighted by atomic mass is 10.0. The molecular weight excluding hydrogens is 395 g/mol. The van der Waals surface area contributed by atoms with Crippen LogP contribution in [0.2, 0.25) is 0 Å². The first-order chi connectivity index (χ1) is 14.3. The van der Waals surface area contributed by atoms with Crippen molar-refractivity contribution in [3.05, 3.63) is 77.5 Å². The van der Waals surface area contributed by atoms with Crippen LogP contribution in [0.3, 0.4) is 0 Å². The highest BCUT2D eigenvalue weighted by Crippen LogP contribution is 2.36. The van der Waals surface area contributed by atoms with Gasteiger partial charge in [0.15, 0.2) is 0 Å². The van der Waals surface area contributed by atoms with Crippen LogP contribution in [-0.4, -0.2) is 24.0 Å². The lowest BCUT2D eigenvalue weighted by Gasteiger charge is -2.25. The van der Waals surface area contributed by atoms with E-state index in [1.807, 2.05) is 23.1 Å². The zero-order valence-electron chi connectivity index (χ0n) is 15.8. The van der Waals surface area contributed by atoms with Crippen LogP contribution in [0.1, 0.15) is 21.6 Å². The molecule has 0 spiro atoms. The molecule has 30 heavy (non-hydrogen) atoms. The van der Waals surface area contributed by atoms with Crippen LogP contribution < -0.4 is 10.6 Å². The summed E-state index contributed by atoms with van der Waals surface area (Å²) < 4.78 is 44.3. The Morgan fingerprint density at radius 1 is 1.07 bits per heavy atom. The number of ether oxygens (including phenoxy) is 1. The van der Waals surface area contributed by atoms with Gasteiger partial charge in [-0.1, -0.05) is 12.1 Å². The maximum Gasteiger partial charge on any atom is 0.416 e. The number of nitrogens with zero attached hydrogens (tertiary/aromatic N) is 2. The fourth-order valence-electron chi connectivity index (χ4n) is 3.41. The monoisotopic (exact) mass is 413 g/mol. The van der Waals surface area contributed by atoms with Gasteiger partial charge in [-0.3, -0.25) is 4.79 Å². The van der Waals surface area contributed by atoms with Crippen LogP contribution in [0.5, 0.6) is 0 Å². The number of primary amides is 1. The number of anilines is 2. The second-order valence-corrected chi connectivity index (χ2v) is 6.86. The summed E-state index contributed by atoms with van der Waals surface area (Å²) in [7, 11) is 0. The van der Waals surface area contributed by atoms with E-state index in [0.717, 1.165) is 28.9 Å². The zero-order chi connectivity index (χ0) is 21.3. The molecule has 2 heterocycles. The Balaban J connectivity index is 1.70. The van der Waals surface area contributed by atoms with Gasteiger partial charge < -0.3 is 15.4 Å². The highest BCUT2D eigenvalue weighted by Gasteiger charge is 2.30. The Hall–Kier alpha value is -3.39. The summed E-state index contributed by atoms with van der Waals surface area (Å²) in [6, 6.07) is 15.8. The Bertz CT molecular complexity index is 1080. The van der Waals surface area contributed by atoms with Gasteiger partial charge in [0.1, 0.15) is 5.69 Å². The third-order valence-electron chi connectivity index (χ3n) is 4.89. The van der Waals surface area contributed by atoms with E-state index >= 15 is 0 Å². The number of carbonyl (C=O) groups excluding carboxylic acids is 1. The number of pyridine rings is 1. The molecule has 1 aliphatic heterocycles. The van der Waals surface area contributed by atoms with Gasteiger partial charge in [0.05, 0.1) is 24.5 Å². The molecule has 4 rings (SSSR count). The van der Waals surface area contributed by atoms with Gasteiger partial charge in [-0.05, 0) is 48.5 Å². The van der Waals surface area contributed by atoms with E-state index in [2.05, 4.69) is 4.98 Å². The molecule has 2 aromatic carbocycles. The Labute approximate surface area is 170 Å². The third-order valence-corrected chi connectivity index (χ3v) is 4.89. The number of nitrogens with two attached hydrogens (primary N) is 1. The van der Waals surface area contributed by atoms with Crippen molar-refractivity contribution in [3.8, 4) is 11.3 Å². The molecule has 3 aromatic rings. The minimum Gasteiger partial charge on any atom is -0.375 e. The molecule has 2 N–H and O–H groups in total. The van der Waals surface area contributed by atoms with E-state index in [-0.39, 0.29) is 5.69 Å². The van der Waals surface area contributed by atoms with Crippen molar-refractivity contribution in [3.63, 3.8) is 0 Å². The van der Waals surface area contributed by atoms with Crippen molar-refractivity contribution in [1.82, 2.24) is 4.98 Å². The van der Waals surface area contributed by atoms with Crippen molar-refractivity contribution in [2.75, 3.05) is 18.1 Å². The van der Waals surface area contributed by atoms with Gasteiger partial charge >= 0.3 is 6.18 Å². The van der Waals surface area contributed by atoms with E-state index in [1.54, 1.807) is 18.2 Å². The highest BCUT2D eigenvalue weighted by atomic mass is 19.4. The number of alkyl halides is 3. The molecule has 0 bridgehead atoms. The molecule has 0 saturated heterocycles. The number of halogens is 3. The summed E-state index contributed by atoms with van der Waals surface area (Å²) in [6.45, 7) is 1.30. The maximum atomic E-state index is 12.9. The number of fused-ring (bicyclic) bond motifs is 1. The largest absolute Gasteiger partial charge is 0.416 e. The van der Waals surface area contributed by atoms with Gasteiger partial charge in [-0.2, -0.15) is 13.2 Å². The second kappa shape index (κ2) is 7.79. The number of benzene rings is 2. The molecule has 0 saturated carbocycles. The zero-order valence-corrected chi connectivity index (χ0v) is 15.8. The fraction of sp³-hybridized carbons (Fsp3) is 0.182. The molecule has 8 heteroatoms. The first kappa shape index (κ1) is 19.9. The molecular formula is C22H18F3N3O2. The first-order valence-corrected chi connectivity index (χ1v) is 9.25. The van der Waals surface area contributed by atoms with Gasteiger partial charge in [-0.25, -0.2) is 4.98 Å². The minimum atomic E-state index is -4.38. The van der Waals surface area contributed by atoms with Crippen molar-refractivity contribution >= 4 is 17.3 Å². The van der Waals surface area contributed by atoms with E-state index in [0.29, 0.717) is 31.1 Å². The van der Waals surface area contributed by atoms with Crippen LogP contribution >= 0.6 is 0 Å². The third kappa shape index (κ3) is 3.99. The second-order valence-electron chi connectivity index (χ2n) is 6.86. The predicted octanol–water partition coefficient (Wildman–Crippen LogP) is 4.53. The molecule has 5 nitrogen and oxygen atoms in total. The lowest BCUT2D eigenvalue weighted by Crippen LogP contribution is -2.20. The van der Waals surface area contributed by atoms with Crippen LogP contribution in [0.4, 0.5) is 24.5 Å². The van der Waals surface area contributed by atoms with Gasteiger partial charge in [0.2, 0.25) is 0 Å². The lowest BCUT2D eigenvalue weighted by molar-refractivity contribution is -0.137. The van der Waals surface area contributed by atoms with Crippen LogP contribution in [0, 0.1) is 0 Å². The number of aromatic nitrogens is 1. The Morgan fingerprint density at radius 3 is 2.53 bits per heavy atom. The molecule has 0 fully saturated rings. The number of carbonyl (C=O) groups is 1. The van der Waals surface area contributed by atoms with Crippen LogP contribution in [0.15, 0.2) is 60.7 Å². The van der Waals surface area contributed by atoms with Gasteiger partial charge in [-0.15, -0.1) is 0 Å². The molecule has 0 atom stereocenters. The standard InChI is InChI=1S/C22H18F3N3O2/c23-22(24,25)16-5-7-17(8-6-16)28-10-11-30-13-15-12-14(4-9-20(15)28)18-2-1-3-19(27-18)21(26)29/h1-9,12H,10-11,13H2,(H2,26,29).